The van der Waals surface area contributed by atoms with Crippen LogP contribution in [0.15, 0.2) is 24.3 Å². The van der Waals surface area contributed by atoms with Crippen molar-refractivity contribution >= 4 is 12.1 Å². The Labute approximate surface area is 148 Å². The van der Waals surface area contributed by atoms with Gasteiger partial charge in [-0.1, -0.05) is 31.2 Å². The highest BCUT2D eigenvalue weighted by Crippen LogP contribution is 2.73. The van der Waals surface area contributed by atoms with Gasteiger partial charge in [-0.3, -0.25) is 4.79 Å². The number of aryl methyl sites for hydroxylation is 1. The molecule has 5 nitrogen and oxygen atoms in total. The quantitative estimate of drug-likeness (QED) is 0.602. The van der Waals surface area contributed by atoms with Crippen molar-refractivity contribution in [3.63, 3.8) is 0 Å². The van der Waals surface area contributed by atoms with Crippen molar-refractivity contribution in [2.45, 2.75) is 52.0 Å². The molecule has 1 atom stereocenters. The molecule has 0 heterocycles. The molecule has 0 aliphatic heterocycles. The van der Waals surface area contributed by atoms with Crippen LogP contribution in [0.5, 0.6) is 0 Å². The molecule has 3 fully saturated rings. The predicted octanol–water partition coefficient (Wildman–Crippen LogP) is 3.82. The van der Waals surface area contributed by atoms with Gasteiger partial charge in [0.2, 0.25) is 6.79 Å². The number of nitrogens with zero attached hydrogens (tertiary/aromatic N) is 1. The third-order valence-electron chi connectivity index (χ3n) is 6.15. The van der Waals surface area contributed by atoms with Crippen LogP contribution in [-0.4, -0.2) is 30.3 Å². The minimum absolute atomic E-state index is 0.0435. The summed E-state index contributed by atoms with van der Waals surface area (Å²) in [6, 6.07) is 8.26. The van der Waals surface area contributed by atoms with E-state index in [9.17, 15) is 9.59 Å². The lowest BCUT2D eigenvalue weighted by atomic mass is 9.36. The van der Waals surface area contributed by atoms with Crippen molar-refractivity contribution < 1.29 is 19.1 Å². The number of carbonyl (C=O) groups is 2. The Balaban J connectivity index is 1.30. The number of hydrogen-bond donors (Lipinski definition) is 0. The van der Waals surface area contributed by atoms with Crippen LogP contribution in [0.2, 0.25) is 0 Å². The van der Waals surface area contributed by atoms with Crippen LogP contribution in [0.4, 0.5) is 4.79 Å². The molecule has 2 bridgehead atoms. The smallest absolute Gasteiger partial charge is 0.413 e. The molecule has 0 radical (unpaired) electrons. The van der Waals surface area contributed by atoms with E-state index in [1.54, 1.807) is 4.90 Å². The maximum absolute atomic E-state index is 12.5. The van der Waals surface area contributed by atoms with Crippen LogP contribution < -0.4 is 0 Å². The van der Waals surface area contributed by atoms with Crippen LogP contribution in [-0.2, 0) is 20.7 Å². The van der Waals surface area contributed by atoms with Crippen molar-refractivity contribution in [3.8, 4) is 0 Å². The summed E-state index contributed by atoms with van der Waals surface area (Å²) in [6.07, 6.45) is 4.19. The molecule has 0 N–H and O–H groups in total. The summed E-state index contributed by atoms with van der Waals surface area (Å²) in [4.78, 5) is 26.3. The Morgan fingerprint density at radius 2 is 1.92 bits per heavy atom. The second kappa shape index (κ2) is 5.75. The third kappa shape index (κ3) is 2.60. The molecule has 0 aromatic heterocycles. The molecule has 0 spiro atoms. The Hall–Kier alpha value is -2.04. The normalized spacial score (nSPS) is 31.4. The first kappa shape index (κ1) is 16.4. The van der Waals surface area contributed by atoms with Gasteiger partial charge >= 0.3 is 12.1 Å². The average molecular weight is 343 g/mol. The lowest BCUT2D eigenvalue weighted by Gasteiger charge is -2.67. The molecule has 4 aliphatic rings. The maximum atomic E-state index is 12.5. The average Bonchev–Trinajstić information content (AvgIpc) is 2.96. The number of carbonyl (C=O) groups excluding carboxylic acids is 2. The van der Waals surface area contributed by atoms with Gasteiger partial charge in [-0.25, -0.2) is 4.79 Å². The zero-order valence-corrected chi connectivity index (χ0v) is 14.9. The molecular formula is C20H25NO4. The van der Waals surface area contributed by atoms with E-state index in [-0.39, 0.29) is 24.2 Å². The Morgan fingerprint density at radius 1 is 1.20 bits per heavy atom. The summed E-state index contributed by atoms with van der Waals surface area (Å²) < 4.78 is 10.5. The second-order valence-electron chi connectivity index (χ2n) is 8.12. The van der Waals surface area contributed by atoms with Crippen LogP contribution in [0.25, 0.3) is 0 Å². The maximum Gasteiger partial charge on any atom is 0.413 e. The zero-order valence-electron chi connectivity index (χ0n) is 14.9. The number of esters is 1. The largest absolute Gasteiger partial charge is 0.427 e. The first-order valence-corrected chi connectivity index (χ1v) is 9.15. The highest BCUT2D eigenvalue weighted by Gasteiger charge is 2.69. The summed E-state index contributed by atoms with van der Waals surface area (Å²) in [5, 5.41) is 0. The van der Waals surface area contributed by atoms with Crippen molar-refractivity contribution in [1.29, 1.82) is 0 Å². The lowest BCUT2D eigenvalue weighted by Crippen LogP contribution is -2.64. The van der Waals surface area contributed by atoms with E-state index in [0.29, 0.717) is 12.0 Å². The highest BCUT2D eigenvalue weighted by atomic mass is 16.7. The van der Waals surface area contributed by atoms with E-state index in [1.165, 1.54) is 11.1 Å². The first-order chi connectivity index (χ1) is 12.0. The SMILES string of the molecule is CCN(C(=O)OCOC(=O)C12CC(C)(C1)C2)C1CCc2ccccc21. The fraction of sp³-hybridized carbons (Fsp3) is 0.600. The van der Waals surface area contributed by atoms with Gasteiger partial charge in [-0.15, -0.1) is 0 Å². The number of hydrogen-bond acceptors (Lipinski definition) is 4. The van der Waals surface area contributed by atoms with Gasteiger partial charge < -0.3 is 14.4 Å². The zero-order chi connectivity index (χ0) is 17.7. The highest BCUT2D eigenvalue weighted by molar-refractivity contribution is 5.81. The molecule has 4 aliphatic carbocycles. The van der Waals surface area contributed by atoms with Crippen molar-refractivity contribution in [2.75, 3.05) is 13.3 Å². The van der Waals surface area contributed by atoms with E-state index < -0.39 is 6.09 Å². The Bertz CT molecular complexity index is 694. The summed E-state index contributed by atoms with van der Waals surface area (Å²) in [5.41, 5.74) is 2.56. The molecule has 134 valence electrons. The van der Waals surface area contributed by atoms with Crippen molar-refractivity contribution in [1.82, 2.24) is 4.90 Å². The van der Waals surface area contributed by atoms with E-state index in [2.05, 4.69) is 19.1 Å². The fourth-order valence-corrected chi connectivity index (χ4v) is 5.22. The van der Waals surface area contributed by atoms with Gasteiger partial charge in [0, 0.05) is 6.54 Å². The molecule has 1 aromatic carbocycles. The van der Waals surface area contributed by atoms with E-state index >= 15 is 0 Å². The van der Waals surface area contributed by atoms with Crippen LogP contribution in [0, 0.1) is 10.8 Å². The Kier molecular flexibility index (Phi) is 3.78. The van der Waals surface area contributed by atoms with Crippen molar-refractivity contribution in [2.24, 2.45) is 10.8 Å². The van der Waals surface area contributed by atoms with Crippen LogP contribution in [0.3, 0.4) is 0 Å². The van der Waals surface area contributed by atoms with Gasteiger partial charge in [-0.05, 0) is 55.6 Å². The summed E-state index contributed by atoms with van der Waals surface area (Å²) >= 11 is 0. The van der Waals surface area contributed by atoms with E-state index in [1.807, 2.05) is 19.1 Å². The number of fused-ring (bicyclic) bond motifs is 1. The number of ether oxygens (including phenoxy) is 2. The molecule has 1 aromatic rings. The van der Waals surface area contributed by atoms with E-state index in [0.717, 1.165) is 32.1 Å². The van der Waals surface area contributed by atoms with Crippen LogP contribution in [0.1, 0.15) is 56.7 Å². The number of benzene rings is 1. The molecule has 1 unspecified atom stereocenters. The standard InChI is InChI=1S/C20H25NO4/c1-3-21(16-9-8-14-6-4-5-7-15(14)16)18(23)25-13-24-17(22)20-10-19(2,11-20)12-20/h4-7,16H,3,8-13H2,1-2H3. The van der Waals surface area contributed by atoms with Gasteiger partial charge in [-0.2, -0.15) is 0 Å². The van der Waals surface area contributed by atoms with Crippen LogP contribution >= 0.6 is 0 Å². The molecule has 0 saturated heterocycles. The lowest BCUT2D eigenvalue weighted by molar-refractivity contribution is -0.226. The topological polar surface area (TPSA) is 55.8 Å². The number of amides is 1. The molecule has 5 rings (SSSR count). The minimum atomic E-state index is -0.415. The minimum Gasteiger partial charge on any atom is -0.427 e. The summed E-state index contributed by atoms with van der Waals surface area (Å²) in [5.74, 6) is -0.210. The Morgan fingerprint density at radius 3 is 2.60 bits per heavy atom. The predicted molar refractivity (Wildman–Crippen MR) is 91.7 cm³/mol. The molecule has 25 heavy (non-hydrogen) atoms. The van der Waals surface area contributed by atoms with Gasteiger partial charge in [0.1, 0.15) is 0 Å². The fourth-order valence-electron chi connectivity index (χ4n) is 5.22. The van der Waals surface area contributed by atoms with Gasteiger partial charge in [0.25, 0.3) is 0 Å². The molecule has 3 saturated carbocycles. The second-order valence-corrected chi connectivity index (χ2v) is 8.12. The first-order valence-electron chi connectivity index (χ1n) is 9.15. The molecule has 1 amide bonds. The summed E-state index contributed by atoms with van der Waals surface area (Å²) in [7, 11) is 0. The van der Waals surface area contributed by atoms with Crippen molar-refractivity contribution in [3.05, 3.63) is 35.4 Å². The third-order valence-corrected chi connectivity index (χ3v) is 6.15. The monoisotopic (exact) mass is 343 g/mol. The van der Waals surface area contributed by atoms with Gasteiger partial charge in [0.15, 0.2) is 0 Å². The molecule has 5 heteroatoms. The summed E-state index contributed by atoms with van der Waals surface area (Å²) in [6.45, 7) is 4.41. The van der Waals surface area contributed by atoms with E-state index in [4.69, 9.17) is 9.47 Å². The van der Waals surface area contributed by atoms with Gasteiger partial charge in [0.05, 0.1) is 11.5 Å². The number of rotatable bonds is 5. The molecular weight excluding hydrogens is 318 g/mol.